The lowest BCUT2D eigenvalue weighted by molar-refractivity contribution is 0.548. The number of halogens is 1. The predicted molar refractivity (Wildman–Crippen MR) is 73.6 cm³/mol. The summed E-state index contributed by atoms with van der Waals surface area (Å²) >= 11 is 7.81. The molecule has 1 unspecified atom stereocenters. The first kappa shape index (κ1) is 12.6. The number of benzene rings is 1. The molecule has 1 aromatic heterocycles. The SMILES string of the molecule is CC(Cc1ccccc1Cl)NCc1cncs1. The van der Waals surface area contributed by atoms with Gasteiger partial charge in [-0.15, -0.1) is 11.3 Å². The Morgan fingerprint density at radius 2 is 2.24 bits per heavy atom. The van der Waals surface area contributed by atoms with Gasteiger partial charge in [0.2, 0.25) is 0 Å². The zero-order valence-corrected chi connectivity index (χ0v) is 11.3. The average molecular weight is 267 g/mol. The highest BCUT2D eigenvalue weighted by Gasteiger charge is 2.06. The van der Waals surface area contributed by atoms with Gasteiger partial charge in [0.1, 0.15) is 0 Å². The van der Waals surface area contributed by atoms with Crippen molar-refractivity contribution >= 4 is 22.9 Å². The lowest BCUT2D eigenvalue weighted by Gasteiger charge is -2.13. The molecule has 2 nitrogen and oxygen atoms in total. The van der Waals surface area contributed by atoms with Crippen LogP contribution in [0.1, 0.15) is 17.4 Å². The van der Waals surface area contributed by atoms with Gasteiger partial charge in [-0.2, -0.15) is 0 Å². The molecule has 0 saturated heterocycles. The molecule has 0 aliphatic carbocycles. The molecule has 2 rings (SSSR count). The molecule has 0 aliphatic heterocycles. The molecule has 0 saturated carbocycles. The minimum atomic E-state index is 0.400. The average Bonchev–Trinajstić information content (AvgIpc) is 2.82. The fraction of sp³-hybridized carbons (Fsp3) is 0.308. The van der Waals surface area contributed by atoms with Gasteiger partial charge in [0.05, 0.1) is 5.51 Å². The van der Waals surface area contributed by atoms with Crippen molar-refractivity contribution < 1.29 is 0 Å². The minimum absolute atomic E-state index is 0.400. The van der Waals surface area contributed by atoms with Gasteiger partial charge in [0, 0.05) is 28.7 Å². The summed E-state index contributed by atoms with van der Waals surface area (Å²) < 4.78 is 0. The van der Waals surface area contributed by atoms with Crippen molar-refractivity contribution in [1.29, 1.82) is 0 Å². The van der Waals surface area contributed by atoms with Crippen molar-refractivity contribution in [1.82, 2.24) is 10.3 Å². The van der Waals surface area contributed by atoms with E-state index in [1.54, 1.807) is 11.3 Å². The second-order valence-electron chi connectivity index (χ2n) is 4.05. The number of hydrogen-bond acceptors (Lipinski definition) is 3. The van der Waals surface area contributed by atoms with Crippen LogP contribution in [0.5, 0.6) is 0 Å². The van der Waals surface area contributed by atoms with E-state index in [1.165, 1.54) is 10.4 Å². The molecule has 1 heterocycles. The van der Waals surface area contributed by atoms with Gasteiger partial charge >= 0.3 is 0 Å². The second kappa shape index (κ2) is 6.15. The molecule has 1 aromatic carbocycles. The number of thiazole rings is 1. The van der Waals surface area contributed by atoms with Crippen molar-refractivity contribution in [2.45, 2.75) is 25.9 Å². The summed E-state index contributed by atoms with van der Waals surface area (Å²) in [4.78, 5) is 5.32. The van der Waals surface area contributed by atoms with Crippen LogP contribution in [0.3, 0.4) is 0 Å². The third-order valence-corrected chi connectivity index (χ3v) is 3.74. The van der Waals surface area contributed by atoms with Crippen LogP contribution in [-0.4, -0.2) is 11.0 Å². The van der Waals surface area contributed by atoms with Gasteiger partial charge in [-0.25, -0.2) is 0 Å². The van der Waals surface area contributed by atoms with Crippen LogP contribution in [0.4, 0.5) is 0 Å². The van der Waals surface area contributed by atoms with Crippen molar-refractivity contribution in [3.05, 3.63) is 51.4 Å². The molecule has 0 aliphatic rings. The maximum absolute atomic E-state index is 6.13. The lowest BCUT2D eigenvalue weighted by Crippen LogP contribution is -2.27. The van der Waals surface area contributed by atoms with Crippen LogP contribution in [0.25, 0.3) is 0 Å². The largest absolute Gasteiger partial charge is 0.309 e. The zero-order valence-electron chi connectivity index (χ0n) is 9.69. The first-order chi connectivity index (χ1) is 8.25. The number of rotatable bonds is 5. The highest BCUT2D eigenvalue weighted by Crippen LogP contribution is 2.16. The Morgan fingerprint density at radius 1 is 1.41 bits per heavy atom. The smallest absolute Gasteiger partial charge is 0.0794 e. The maximum Gasteiger partial charge on any atom is 0.0794 e. The third kappa shape index (κ3) is 3.80. The summed E-state index contributed by atoms with van der Waals surface area (Å²) in [5.41, 5.74) is 3.05. The van der Waals surface area contributed by atoms with Crippen molar-refractivity contribution in [2.75, 3.05) is 0 Å². The normalized spacial score (nSPS) is 12.6. The Labute approximate surface area is 111 Å². The van der Waals surface area contributed by atoms with Crippen LogP contribution in [0.15, 0.2) is 36.0 Å². The minimum Gasteiger partial charge on any atom is -0.309 e. The summed E-state index contributed by atoms with van der Waals surface area (Å²) in [6.07, 6.45) is 2.85. The zero-order chi connectivity index (χ0) is 12.1. The van der Waals surface area contributed by atoms with E-state index < -0.39 is 0 Å². The molecule has 2 aromatic rings. The Balaban J connectivity index is 1.85. The van der Waals surface area contributed by atoms with Gasteiger partial charge in [0.25, 0.3) is 0 Å². The molecule has 1 atom stereocenters. The van der Waals surface area contributed by atoms with Crippen LogP contribution < -0.4 is 5.32 Å². The van der Waals surface area contributed by atoms with E-state index in [9.17, 15) is 0 Å². The molecule has 0 spiro atoms. The molecular formula is C13H15ClN2S. The number of nitrogens with zero attached hydrogens (tertiary/aromatic N) is 1. The number of hydrogen-bond donors (Lipinski definition) is 1. The van der Waals surface area contributed by atoms with Crippen LogP contribution in [0, 0.1) is 0 Å². The monoisotopic (exact) mass is 266 g/mol. The summed E-state index contributed by atoms with van der Waals surface area (Å²) in [5, 5.41) is 4.32. The molecule has 0 amide bonds. The van der Waals surface area contributed by atoms with E-state index in [0.717, 1.165) is 18.0 Å². The van der Waals surface area contributed by atoms with Gasteiger partial charge in [-0.1, -0.05) is 29.8 Å². The lowest BCUT2D eigenvalue weighted by atomic mass is 10.1. The van der Waals surface area contributed by atoms with E-state index in [-0.39, 0.29) is 0 Å². The maximum atomic E-state index is 6.13. The van der Waals surface area contributed by atoms with Crippen LogP contribution >= 0.6 is 22.9 Å². The highest BCUT2D eigenvalue weighted by molar-refractivity contribution is 7.09. The molecule has 0 radical (unpaired) electrons. The first-order valence-electron chi connectivity index (χ1n) is 5.60. The fourth-order valence-electron chi connectivity index (χ4n) is 1.67. The Kier molecular flexibility index (Phi) is 4.54. The molecule has 0 fully saturated rings. The van der Waals surface area contributed by atoms with E-state index in [4.69, 9.17) is 11.6 Å². The summed E-state index contributed by atoms with van der Waals surface area (Å²) in [6.45, 7) is 3.04. The topological polar surface area (TPSA) is 24.9 Å². The molecule has 4 heteroatoms. The van der Waals surface area contributed by atoms with E-state index in [2.05, 4.69) is 23.3 Å². The van der Waals surface area contributed by atoms with E-state index in [0.29, 0.717) is 6.04 Å². The molecule has 0 bridgehead atoms. The summed E-state index contributed by atoms with van der Waals surface area (Å²) in [6, 6.07) is 8.40. The van der Waals surface area contributed by atoms with Gasteiger partial charge in [-0.05, 0) is 25.0 Å². The number of nitrogens with one attached hydrogen (secondary N) is 1. The summed E-state index contributed by atoms with van der Waals surface area (Å²) in [7, 11) is 0. The van der Waals surface area contributed by atoms with Gasteiger partial charge < -0.3 is 5.32 Å². The molecular weight excluding hydrogens is 252 g/mol. The van der Waals surface area contributed by atoms with Crippen molar-refractivity contribution in [2.24, 2.45) is 0 Å². The van der Waals surface area contributed by atoms with Crippen LogP contribution in [-0.2, 0) is 13.0 Å². The Bertz CT molecular complexity index is 456. The van der Waals surface area contributed by atoms with Crippen molar-refractivity contribution in [3.63, 3.8) is 0 Å². The summed E-state index contributed by atoms with van der Waals surface area (Å²) in [5.74, 6) is 0. The quantitative estimate of drug-likeness (QED) is 0.896. The molecule has 1 N–H and O–H groups in total. The van der Waals surface area contributed by atoms with Gasteiger partial charge in [-0.3, -0.25) is 4.98 Å². The Morgan fingerprint density at radius 3 is 2.94 bits per heavy atom. The predicted octanol–water partition coefficient (Wildman–Crippen LogP) is 3.52. The number of aromatic nitrogens is 1. The van der Waals surface area contributed by atoms with Gasteiger partial charge in [0.15, 0.2) is 0 Å². The molecule has 90 valence electrons. The standard InChI is InChI=1S/C13H15ClN2S/c1-10(16-8-12-7-15-9-17-12)6-11-4-2-3-5-13(11)14/h2-5,7,9-10,16H,6,8H2,1H3. The van der Waals surface area contributed by atoms with Crippen molar-refractivity contribution in [3.8, 4) is 0 Å². The fourth-order valence-corrected chi connectivity index (χ4v) is 2.43. The Hall–Kier alpha value is -0.900. The van der Waals surface area contributed by atoms with E-state index >= 15 is 0 Å². The second-order valence-corrected chi connectivity index (χ2v) is 5.42. The van der Waals surface area contributed by atoms with E-state index in [1.807, 2.05) is 29.9 Å². The third-order valence-electron chi connectivity index (χ3n) is 2.59. The van der Waals surface area contributed by atoms with Crippen LogP contribution in [0.2, 0.25) is 5.02 Å². The highest BCUT2D eigenvalue weighted by atomic mass is 35.5. The first-order valence-corrected chi connectivity index (χ1v) is 6.85. The molecule has 17 heavy (non-hydrogen) atoms.